The van der Waals surface area contributed by atoms with E-state index in [1.54, 1.807) is 6.26 Å². The molecular weight excluding hydrogens is 534 g/mol. The molecule has 1 aromatic carbocycles. The van der Waals surface area contributed by atoms with Crippen LogP contribution in [0.5, 0.6) is 0 Å². The maximum atomic E-state index is 13.2. The van der Waals surface area contributed by atoms with Crippen molar-refractivity contribution in [3.05, 3.63) is 47.4 Å². The number of carbonyl (C=O) groups is 1. The van der Waals surface area contributed by atoms with Gasteiger partial charge in [0.25, 0.3) is 5.91 Å². The van der Waals surface area contributed by atoms with Gasteiger partial charge in [0.15, 0.2) is 0 Å². The number of rotatable bonds is 7. The zero-order valence-electron chi connectivity index (χ0n) is 25.6. The van der Waals surface area contributed by atoms with Crippen LogP contribution in [0.2, 0.25) is 0 Å². The minimum Gasteiger partial charge on any atom is -0.372 e. The van der Waals surface area contributed by atoms with Crippen LogP contribution >= 0.6 is 0 Å². The van der Waals surface area contributed by atoms with E-state index in [9.17, 15) is 9.00 Å². The Hall–Kier alpha value is -2.56. The number of benzene rings is 1. The highest BCUT2D eigenvalue weighted by Gasteiger charge is 2.32. The number of nitrogens with zero attached hydrogens (tertiary/aromatic N) is 6. The molecule has 3 aliphatic heterocycles. The van der Waals surface area contributed by atoms with Gasteiger partial charge in [0.05, 0.1) is 11.0 Å². The fourth-order valence-corrected chi connectivity index (χ4v) is 6.83. The molecule has 10 heteroatoms. The molecule has 0 bridgehead atoms. The van der Waals surface area contributed by atoms with Crippen LogP contribution in [0.4, 0.5) is 11.5 Å². The van der Waals surface area contributed by atoms with Crippen LogP contribution in [0.25, 0.3) is 0 Å². The van der Waals surface area contributed by atoms with Crippen LogP contribution in [-0.4, -0.2) is 105 Å². The Bertz CT molecular complexity index is 1140. The molecule has 3 fully saturated rings. The van der Waals surface area contributed by atoms with Crippen molar-refractivity contribution in [3.8, 4) is 0 Å². The SMILES string of the molecule is CCNc1nc(C)nc(C(=O)N2CCC(N3CCC(N(C)S(C)=O)CC3)CC2)c1C.c1ccc(N2CCCC2)cc1. The lowest BCUT2D eigenvalue weighted by Crippen LogP contribution is -2.51. The molecule has 41 heavy (non-hydrogen) atoms. The number of likely N-dealkylation sites (tertiary alicyclic amines) is 2. The summed E-state index contributed by atoms with van der Waals surface area (Å²) in [7, 11) is 1.05. The molecule has 1 amide bonds. The van der Waals surface area contributed by atoms with E-state index in [2.05, 4.69) is 55.4 Å². The van der Waals surface area contributed by atoms with Crippen molar-refractivity contribution in [2.24, 2.45) is 0 Å². The molecule has 2 aromatic rings. The third kappa shape index (κ3) is 8.26. The number of hydrogen-bond acceptors (Lipinski definition) is 7. The topological polar surface area (TPSA) is 84.9 Å². The summed E-state index contributed by atoms with van der Waals surface area (Å²) in [4.78, 5) is 29.0. The summed E-state index contributed by atoms with van der Waals surface area (Å²) in [5.74, 6) is 1.39. The predicted molar refractivity (Wildman–Crippen MR) is 169 cm³/mol. The highest BCUT2D eigenvalue weighted by Crippen LogP contribution is 2.25. The van der Waals surface area contributed by atoms with Crippen molar-refractivity contribution in [2.45, 2.75) is 71.4 Å². The Morgan fingerprint density at radius 1 is 0.976 bits per heavy atom. The number of piperidine rings is 2. The molecule has 0 saturated carbocycles. The first-order valence-corrected chi connectivity index (χ1v) is 16.8. The molecule has 5 rings (SSSR count). The molecule has 226 valence electrons. The molecule has 1 aromatic heterocycles. The standard InChI is InChI=1S/C21H36N6O2S.C10H13N/c1-6-22-20-15(2)19(23-16(3)24-20)21(28)27-13-9-18(10-14-27)26-11-7-17(8-12-26)25(4)30(5)29;1-2-6-10(7-3-1)11-8-4-5-9-11/h17-18H,6-14H2,1-5H3,(H,22,23,24);1-3,6-7H,4-5,8-9H2. The van der Waals surface area contributed by atoms with Gasteiger partial charge in [0, 0.05) is 69.4 Å². The first kappa shape index (κ1) is 31.4. The number of aryl methyl sites for hydroxylation is 1. The Morgan fingerprint density at radius 2 is 1.61 bits per heavy atom. The van der Waals surface area contributed by atoms with Gasteiger partial charge in [-0.25, -0.2) is 18.5 Å². The maximum absolute atomic E-state index is 13.2. The Kier molecular flexibility index (Phi) is 11.5. The molecule has 0 spiro atoms. The van der Waals surface area contributed by atoms with Gasteiger partial charge in [-0.05, 0) is 84.5 Å². The fraction of sp³-hybridized carbons (Fsp3) is 0.645. The van der Waals surface area contributed by atoms with Crippen molar-refractivity contribution >= 4 is 28.4 Å². The van der Waals surface area contributed by atoms with E-state index in [1.807, 2.05) is 37.0 Å². The molecule has 4 heterocycles. The first-order valence-electron chi connectivity index (χ1n) is 15.3. The average Bonchev–Trinajstić information content (AvgIpc) is 3.55. The molecule has 1 unspecified atom stereocenters. The lowest BCUT2D eigenvalue weighted by Gasteiger charge is -2.43. The summed E-state index contributed by atoms with van der Waals surface area (Å²) in [6.07, 6.45) is 8.57. The van der Waals surface area contributed by atoms with Gasteiger partial charge in [-0.2, -0.15) is 0 Å². The van der Waals surface area contributed by atoms with Crippen LogP contribution in [0, 0.1) is 13.8 Å². The minimum atomic E-state index is -0.903. The summed E-state index contributed by atoms with van der Waals surface area (Å²) in [6.45, 7) is 12.6. The van der Waals surface area contributed by atoms with Gasteiger partial charge in [0.1, 0.15) is 17.3 Å². The molecule has 0 radical (unpaired) electrons. The predicted octanol–water partition coefficient (Wildman–Crippen LogP) is 4.11. The maximum Gasteiger partial charge on any atom is 0.272 e. The van der Waals surface area contributed by atoms with Gasteiger partial charge >= 0.3 is 0 Å². The van der Waals surface area contributed by atoms with Gasteiger partial charge in [-0.1, -0.05) is 18.2 Å². The number of carbonyl (C=O) groups excluding carboxylic acids is 1. The quantitative estimate of drug-likeness (QED) is 0.525. The van der Waals surface area contributed by atoms with Gasteiger partial charge in [0.2, 0.25) is 0 Å². The lowest BCUT2D eigenvalue weighted by molar-refractivity contribution is 0.0544. The van der Waals surface area contributed by atoms with E-state index < -0.39 is 11.0 Å². The van der Waals surface area contributed by atoms with Crippen LogP contribution in [-0.2, 0) is 11.0 Å². The van der Waals surface area contributed by atoms with Crippen LogP contribution < -0.4 is 10.2 Å². The first-order chi connectivity index (χ1) is 19.8. The number of amides is 1. The van der Waals surface area contributed by atoms with E-state index in [4.69, 9.17) is 0 Å². The Balaban J connectivity index is 0.000000291. The molecule has 1 atom stereocenters. The summed E-state index contributed by atoms with van der Waals surface area (Å²) in [5, 5.41) is 3.23. The van der Waals surface area contributed by atoms with Gasteiger partial charge < -0.3 is 20.0 Å². The molecule has 0 aliphatic carbocycles. The highest BCUT2D eigenvalue weighted by atomic mass is 32.2. The van der Waals surface area contributed by atoms with Crippen LogP contribution in [0.3, 0.4) is 0 Å². The second-order valence-electron chi connectivity index (χ2n) is 11.4. The Labute approximate surface area is 249 Å². The molecule has 3 saturated heterocycles. The smallest absolute Gasteiger partial charge is 0.272 e. The largest absolute Gasteiger partial charge is 0.372 e. The summed E-state index contributed by atoms with van der Waals surface area (Å²) >= 11 is 0. The number of nitrogens with one attached hydrogen (secondary N) is 1. The van der Waals surface area contributed by atoms with Crippen LogP contribution in [0.1, 0.15) is 67.3 Å². The van der Waals surface area contributed by atoms with Gasteiger partial charge in [-0.3, -0.25) is 4.79 Å². The Morgan fingerprint density at radius 3 is 2.20 bits per heavy atom. The molecular formula is C31H49N7O2S. The van der Waals surface area contributed by atoms with E-state index >= 15 is 0 Å². The highest BCUT2D eigenvalue weighted by molar-refractivity contribution is 7.81. The molecule has 3 aliphatic rings. The van der Waals surface area contributed by atoms with Gasteiger partial charge in [-0.15, -0.1) is 0 Å². The number of anilines is 2. The van der Waals surface area contributed by atoms with Crippen LogP contribution in [0.15, 0.2) is 30.3 Å². The second-order valence-corrected chi connectivity index (χ2v) is 12.8. The normalized spacial score (nSPS) is 19.7. The number of hydrogen-bond donors (Lipinski definition) is 1. The summed E-state index contributed by atoms with van der Waals surface area (Å²) in [5.41, 5.74) is 2.73. The summed E-state index contributed by atoms with van der Waals surface area (Å²) < 4.78 is 13.7. The monoisotopic (exact) mass is 583 g/mol. The van der Waals surface area contributed by atoms with E-state index in [-0.39, 0.29) is 5.91 Å². The van der Waals surface area contributed by atoms with E-state index in [0.29, 0.717) is 23.6 Å². The third-order valence-corrected chi connectivity index (χ3v) is 9.83. The van der Waals surface area contributed by atoms with Crippen molar-refractivity contribution in [1.29, 1.82) is 0 Å². The summed E-state index contributed by atoms with van der Waals surface area (Å²) in [6, 6.07) is 11.6. The van der Waals surface area contributed by atoms with E-state index in [1.165, 1.54) is 31.6 Å². The van der Waals surface area contributed by atoms with Crippen molar-refractivity contribution < 1.29 is 9.00 Å². The minimum absolute atomic E-state index is 0.0151. The zero-order chi connectivity index (χ0) is 29.4. The zero-order valence-corrected chi connectivity index (χ0v) is 26.5. The second kappa shape index (κ2) is 15.1. The van der Waals surface area contributed by atoms with Crippen molar-refractivity contribution in [2.75, 3.05) is 69.3 Å². The van der Waals surface area contributed by atoms with Crippen molar-refractivity contribution in [3.63, 3.8) is 0 Å². The fourth-order valence-electron chi connectivity index (χ4n) is 6.20. The number of para-hydroxylation sites is 1. The number of aromatic nitrogens is 2. The molecule has 9 nitrogen and oxygen atoms in total. The van der Waals surface area contributed by atoms with E-state index in [0.717, 1.165) is 69.8 Å². The lowest BCUT2D eigenvalue weighted by atomic mass is 9.97. The average molecular weight is 584 g/mol. The third-order valence-electron chi connectivity index (χ3n) is 8.72. The molecule has 1 N–H and O–H groups in total. The van der Waals surface area contributed by atoms with Crippen molar-refractivity contribution in [1.82, 2.24) is 24.1 Å².